The van der Waals surface area contributed by atoms with Gasteiger partial charge in [0.05, 0.1) is 12.0 Å². The molecule has 0 saturated heterocycles. The summed E-state index contributed by atoms with van der Waals surface area (Å²) in [6.45, 7) is 0. The summed E-state index contributed by atoms with van der Waals surface area (Å²) >= 11 is 0. The maximum atomic E-state index is 10.3. The quantitative estimate of drug-likeness (QED) is 0.458. The van der Waals surface area contributed by atoms with Crippen molar-refractivity contribution in [1.82, 2.24) is 0 Å². The molecule has 0 bridgehead atoms. The molecule has 0 unspecified atom stereocenters. The van der Waals surface area contributed by atoms with Crippen LogP contribution in [0.25, 0.3) is 0 Å². The van der Waals surface area contributed by atoms with Crippen molar-refractivity contribution in [2.24, 2.45) is 5.73 Å². The van der Waals surface area contributed by atoms with Gasteiger partial charge in [-0.15, -0.1) is 0 Å². The topological polar surface area (TPSA) is 66.2 Å². The number of carbonyl (C=O) groups is 1. The van der Waals surface area contributed by atoms with E-state index in [-0.39, 0.29) is 51.4 Å². The zero-order valence-corrected chi connectivity index (χ0v) is 10.2. The third-order valence-electron chi connectivity index (χ3n) is 1.70. The summed E-state index contributed by atoms with van der Waals surface area (Å²) in [5.74, 6) is -1.20. The van der Waals surface area contributed by atoms with E-state index < -0.39 is 12.0 Å². The van der Waals surface area contributed by atoms with Crippen molar-refractivity contribution < 1.29 is 61.3 Å². The van der Waals surface area contributed by atoms with Crippen molar-refractivity contribution in [3.8, 4) is 0 Å². The van der Waals surface area contributed by atoms with Crippen LogP contribution < -0.4 is 62.2 Å². The largest absolute Gasteiger partial charge is 1.00 e. The SMILES string of the molecule is N[C@@H](C(=O)[O-])C1=CC=CCC1.[K+]. The van der Waals surface area contributed by atoms with Crippen LogP contribution in [0.2, 0.25) is 0 Å². The molecule has 0 aromatic rings. The summed E-state index contributed by atoms with van der Waals surface area (Å²) < 4.78 is 0. The fourth-order valence-electron chi connectivity index (χ4n) is 1.03. The van der Waals surface area contributed by atoms with E-state index in [1.807, 2.05) is 12.2 Å². The Morgan fingerprint density at radius 1 is 1.67 bits per heavy atom. The molecule has 0 amide bonds. The molecule has 1 rings (SSSR count). The standard InChI is InChI=1S/C8H11NO2.K/c9-7(8(10)11)6-4-2-1-3-5-6;/h1-2,4,7H,3,5,9H2,(H,10,11);/q;+1/p-1/t7-;/m1./s1. The first-order valence-electron chi connectivity index (χ1n) is 3.54. The number of rotatable bonds is 2. The van der Waals surface area contributed by atoms with Crippen LogP contribution in [0.1, 0.15) is 12.8 Å². The number of allylic oxidation sites excluding steroid dienone is 3. The van der Waals surface area contributed by atoms with Gasteiger partial charge >= 0.3 is 51.4 Å². The molecule has 1 atom stereocenters. The smallest absolute Gasteiger partial charge is 0.548 e. The third-order valence-corrected chi connectivity index (χ3v) is 1.70. The monoisotopic (exact) mass is 191 g/mol. The number of aliphatic carboxylic acids is 1. The Labute approximate surface area is 114 Å². The number of hydrogen-bond donors (Lipinski definition) is 1. The third kappa shape index (κ3) is 3.51. The van der Waals surface area contributed by atoms with E-state index >= 15 is 0 Å². The van der Waals surface area contributed by atoms with Gasteiger partial charge < -0.3 is 15.6 Å². The molecule has 60 valence electrons. The molecule has 0 fully saturated rings. The van der Waals surface area contributed by atoms with Crippen molar-refractivity contribution in [2.75, 3.05) is 0 Å². The first kappa shape index (κ1) is 12.5. The minimum atomic E-state index is -1.20. The van der Waals surface area contributed by atoms with E-state index in [0.717, 1.165) is 18.4 Å². The Morgan fingerprint density at radius 3 is 2.75 bits per heavy atom. The first-order chi connectivity index (χ1) is 5.22. The van der Waals surface area contributed by atoms with Crippen molar-refractivity contribution in [2.45, 2.75) is 18.9 Å². The van der Waals surface area contributed by atoms with Gasteiger partial charge in [0.1, 0.15) is 0 Å². The van der Waals surface area contributed by atoms with Crippen molar-refractivity contribution in [3.63, 3.8) is 0 Å². The molecule has 0 radical (unpaired) electrons. The van der Waals surface area contributed by atoms with Crippen LogP contribution in [-0.2, 0) is 4.79 Å². The average molecular weight is 191 g/mol. The summed E-state index contributed by atoms with van der Waals surface area (Å²) in [4.78, 5) is 10.3. The number of hydrogen-bond acceptors (Lipinski definition) is 3. The van der Waals surface area contributed by atoms with Gasteiger partial charge in [0.25, 0.3) is 0 Å². The van der Waals surface area contributed by atoms with E-state index in [1.54, 1.807) is 6.08 Å². The molecule has 0 aromatic heterocycles. The fourth-order valence-corrected chi connectivity index (χ4v) is 1.03. The molecule has 0 heterocycles. The molecular weight excluding hydrogens is 181 g/mol. The molecule has 4 heteroatoms. The fraction of sp³-hybridized carbons (Fsp3) is 0.375. The van der Waals surface area contributed by atoms with Gasteiger partial charge in [0, 0.05) is 0 Å². The molecule has 1 aliphatic rings. The maximum Gasteiger partial charge on any atom is 1.00 e. The predicted molar refractivity (Wildman–Crippen MR) is 39.4 cm³/mol. The zero-order valence-electron chi connectivity index (χ0n) is 7.12. The summed E-state index contributed by atoms with van der Waals surface area (Å²) in [5.41, 5.74) is 6.07. The van der Waals surface area contributed by atoms with Gasteiger partial charge in [-0.25, -0.2) is 0 Å². The van der Waals surface area contributed by atoms with Crippen molar-refractivity contribution in [1.29, 1.82) is 0 Å². The van der Waals surface area contributed by atoms with Crippen LogP contribution in [0.15, 0.2) is 23.8 Å². The zero-order chi connectivity index (χ0) is 8.27. The van der Waals surface area contributed by atoms with Gasteiger partial charge in [-0.2, -0.15) is 0 Å². The van der Waals surface area contributed by atoms with E-state index in [2.05, 4.69) is 0 Å². The van der Waals surface area contributed by atoms with Crippen LogP contribution in [0.3, 0.4) is 0 Å². The Hall–Kier alpha value is 0.546. The number of carboxylic acids is 1. The molecule has 1 aliphatic carbocycles. The van der Waals surface area contributed by atoms with E-state index in [1.165, 1.54) is 0 Å². The summed E-state index contributed by atoms with van der Waals surface area (Å²) in [6, 6.07) is -0.931. The normalized spacial score (nSPS) is 17.6. The van der Waals surface area contributed by atoms with E-state index in [9.17, 15) is 9.90 Å². The molecular formula is C8H10KNO2. The molecule has 3 nitrogen and oxygen atoms in total. The Kier molecular flexibility index (Phi) is 6.35. The van der Waals surface area contributed by atoms with Crippen molar-refractivity contribution >= 4 is 5.97 Å². The van der Waals surface area contributed by atoms with Crippen LogP contribution in [0.5, 0.6) is 0 Å². The molecule has 0 saturated carbocycles. The predicted octanol–water partition coefficient (Wildman–Crippen LogP) is -3.66. The second-order valence-corrected chi connectivity index (χ2v) is 2.51. The second-order valence-electron chi connectivity index (χ2n) is 2.51. The van der Waals surface area contributed by atoms with E-state index in [0.29, 0.717) is 0 Å². The number of nitrogens with two attached hydrogens (primary N) is 1. The molecule has 2 N–H and O–H groups in total. The van der Waals surface area contributed by atoms with Gasteiger partial charge in [0.2, 0.25) is 0 Å². The van der Waals surface area contributed by atoms with Gasteiger partial charge in [-0.3, -0.25) is 0 Å². The van der Waals surface area contributed by atoms with Gasteiger partial charge in [-0.1, -0.05) is 18.2 Å². The van der Waals surface area contributed by atoms with Crippen LogP contribution in [0.4, 0.5) is 0 Å². The van der Waals surface area contributed by atoms with Crippen molar-refractivity contribution in [3.05, 3.63) is 23.8 Å². The van der Waals surface area contributed by atoms with Gasteiger partial charge in [0.15, 0.2) is 0 Å². The summed E-state index contributed by atoms with van der Waals surface area (Å²) in [7, 11) is 0. The average Bonchev–Trinajstić information content (AvgIpc) is 2.05. The maximum absolute atomic E-state index is 10.3. The molecule has 0 aliphatic heterocycles. The summed E-state index contributed by atoms with van der Waals surface area (Å²) in [5, 5.41) is 10.3. The van der Waals surface area contributed by atoms with E-state index in [4.69, 9.17) is 5.73 Å². The minimum absolute atomic E-state index is 0. The Morgan fingerprint density at radius 2 is 2.33 bits per heavy atom. The minimum Gasteiger partial charge on any atom is -0.548 e. The first-order valence-corrected chi connectivity index (χ1v) is 3.54. The van der Waals surface area contributed by atoms with Crippen LogP contribution >= 0.6 is 0 Å². The molecule has 0 spiro atoms. The molecule has 12 heavy (non-hydrogen) atoms. The van der Waals surface area contributed by atoms with Gasteiger partial charge in [-0.05, 0) is 18.4 Å². The summed E-state index contributed by atoms with van der Waals surface area (Å²) in [6.07, 6.45) is 7.13. The van der Waals surface area contributed by atoms with Crippen LogP contribution in [0, 0.1) is 0 Å². The Bertz CT molecular complexity index is 223. The van der Waals surface area contributed by atoms with Crippen LogP contribution in [-0.4, -0.2) is 12.0 Å². The number of carbonyl (C=O) groups excluding carboxylic acids is 1. The molecule has 0 aromatic carbocycles. The second kappa shape index (κ2) is 6.07. The Balaban J connectivity index is 0.00000121. The number of carboxylic acid groups (broad SMARTS) is 1.